The number of hydrogen-bond acceptors (Lipinski definition) is 3. The minimum Gasteiger partial charge on any atom is -0.350 e. The highest BCUT2D eigenvalue weighted by Crippen LogP contribution is 2.32. The summed E-state index contributed by atoms with van der Waals surface area (Å²) >= 11 is 6.03. The Morgan fingerprint density at radius 1 is 0.933 bits per heavy atom. The Morgan fingerprint density at radius 3 is 2.33 bits per heavy atom. The first kappa shape index (κ1) is 19.9. The number of aryl methyl sites for hydroxylation is 1. The van der Waals surface area contributed by atoms with E-state index in [4.69, 9.17) is 11.6 Å². The van der Waals surface area contributed by atoms with Crippen LogP contribution in [0.1, 0.15) is 16.7 Å². The lowest BCUT2D eigenvalue weighted by Gasteiger charge is -2.16. The van der Waals surface area contributed by atoms with Gasteiger partial charge in [-0.1, -0.05) is 60.1 Å². The minimum atomic E-state index is -0.503. The minimum absolute atomic E-state index is 0.147. The standard InChI is InChI=1S/C24H18ClFN2O2/c1-15-13-18(25)11-12-20(15)27-22-21(16-7-3-2-4-8-16)23(29)28(24(22)30)14-17-9-5-6-10-19(17)26/h2-13,27H,14H2,1H3. The first-order valence-electron chi connectivity index (χ1n) is 9.38. The zero-order valence-electron chi connectivity index (χ0n) is 16.2. The smallest absolute Gasteiger partial charge is 0.278 e. The van der Waals surface area contributed by atoms with Crippen molar-refractivity contribution in [3.63, 3.8) is 0 Å². The van der Waals surface area contributed by atoms with Crippen molar-refractivity contribution < 1.29 is 14.0 Å². The highest BCUT2D eigenvalue weighted by Gasteiger charge is 2.39. The molecule has 0 fully saturated rings. The maximum absolute atomic E-state index is 14.2. The van der Waals surface area contributed by atoms with Gasteiger partial charge < -0.3 is 5.32 Å². The maximum Gasteiger partial charge on any atom is 0.278 e. The van der Waals surface area contributed by atoms with Crippen molar-refractivity contribution in [2.24, 2.45) is 0 Å². The topological polar surface area (TPSA) is 49.4 Å². The predicted octanol–water partition coefficient (Wildman–Crippen LogP) is 5.18. The second kappa shape index (κ2) is 8.13. The Hall–Kier alpha value is -3.44. The third-order valence-corrected chi connectivity index (χ3v) is 5.20. The first-order chi connectivity index (χ1) is 14.5. The number of benzene rings is 3. The predicted molar refractivity (Wildman–Crippen MR) is 115 cm³/mol. The number of nitrogens with one attached hydrogen (secondary N) is 1. The molecule has 3 aromatic rings. The summed E-state index contributed by atoms with van der Waals surface area (Å²) in [7, 11) is 0. The monoisotopic (exact) mass is 420 g/mol. The molecule has 0 saturated carbocycles. The number of amides is 2. The number of rotatable bonds is 5. The number of imide groups is 1. The lowest BCUT2D eigenvalue weighted by molar-refractivity contribution is -0.137. The van der Waals surface area contributed by atoms with Crippen molar-refractivity contribution in [3.05, 3.63) is 106 Å². The summed E-state index contributed by atoms with van der Waals surface area (Å²) in [5, 5.41) is 3.69. The number of hydrogen-bond donors (Lipinski definition) is 1. The van der Waals surface area contributed by atoms with Gasteiger partial charge >= 0.3 is 0 Å². The molecule has 3 aromatic carbocycles. The van der Waals surface area contributed by atoms with E-state index in [9.17, 15) is 14.0 Å². The van der Waals surface area contributed by atoms with Gasteiger partial charge in [0.2, 0.25) is 0 Å². The molecule has 150 valence electrons. The summed E-state index contributed by atoms with van der Waals surface area (Å²) in [6, 6.07) is 20.3. The first-order valence-corrected chi connectivity index (χ1v) is 9.76. The fraction of sp³-hybridized carbons (Fsp3) is 0.0833. The molecule has 30 heavy (non-hydrogen) atoms. The van der Waals surface area contributed by atoms with Crippen LogP contribution in [0.4, 0.5) is 10.1 Å². The molecule has 6 heteroatoms. The second-order valence-corrected chi connectivity index (χ2v) is 7.42. The number of carbonyl (C=O) groups excluding carboxylic acids is 2. The van der Waals surface area contributed by atoms with Gasteiger partial charge in [0.15, 0.2) is 0 Å². The van der Waals surface area contributed by atoms with Gasteiger partial charge in [-0.2, -0.15) is 0 Å². The summed E-state index contributed by atoms with van der Waals surface area (Å²) in [6.07, 6.45) is 0. The molecular formula is C24H18ClFN2O2. The summed E-state index contributed by atoms with van der Waals surface area (Å²) in [5.41, 5.74) is 2.79. The van der Waals surface area contributed by atoms with Crippen LogP contribution in [0.2, 0.25) is 5.02 Å². The van der Waals surface area contributed by atoms with E-state index < -0.39 is 17.6 Å². The summed E-state index contributed by atoms with van der Waals surface area (Å²) in [4.78, 5) is 27.5. The van der Waals surface area contributed by atoms with Gasteiger partial charge in [0.05, 0.1) is 12.1 Å². The van der Waals surface area contributed by atoms with Gasteiger partial charge in [0.25, 0.3) is 11.8 Å². The van der Waals surface area contributed by atoms with E-state index in [-0.39, 0.29) is 23.4 Å². The fourth-order valence-electron chi connectivity index (χ4n) is 3.41. The van der Waals surface area contributed by atoms with Crippen LogP contribution in [0.5, 0.6) is 0 Å². The Kier molecular flexibility index (Phi) is 5.38. The molecule has 0 spiro atoms. The third-order valence-electron chi connectivity index (χ3n) is 4.96. The molecule has 0 aromatic heterocycles. The van der Waals surface area contributed by atoms with Crippen molar-refractivity contribution in [1.82, 2.24) is 4.90 Å². The van der Waals surface area contributed by atoms with E-state index in [1.807, 2.05) is 13.0 Å². The van der Waals surface area contributed by atoms with Crippen molar-refractivity contribution in [1.29, 1.82) is 0 Å². The molecule has 0 saturated heterocycles. The zero-order chi connectivity index (χ0) is 21.3. The van der Waals surface area contributed by atoms with Gasteiger partial charge in [0, 0.05) is 16.3 Å². The molecule has 1 heterocycles. The van der Waals surface area contributed by atoms with Gasteiger partial charge in [-0.05, 0) is 42.3 Å². The van der Waals surface area contributed by atoms with Crippen LogP contribution in [0.25, 0.3) is 5.57 Å². The van der Waals surface area contributed by atoms with E-state index in [1.54, 1.807) is 60.7 Å². The Bertz CT molecular complexity index is 1170. The average Bonchev–Trinajstić information content (AvgIpc) is 2.96. The lowest BCUT2D eigenvalue weighted by atomic mass is 10.0. The molecule has 0 unspecified atom stereocenters. The molecule has 0 radical (unpaired) electrons. The number of anilines is 1. The molecule has 1 aliphatic rings. The average molecular weight is 421 g/mol. The zero-order valence-corrected chi connectivity index (χ0v) is 16.9. The van der Waals surface area contributed by atoms with Crippen LogP contribution in [-0.4, -0.2) is 16.7 Å². The summed E-state index contributed by atoms with van der Waals surface area (Å²) in [5.74, 6) is -1.44. The highest BCUT2D eigenvalue weighted by molar-refractivity contribution is 6.36. The van der Waals surface area contributed by atoms with Crippen molar-refractivity contribution in [3.8, 4) is 0 Å². The van der Waals surface area contributed by atoms with Crippen LogP contribution in [0.15, 0.2) is 78.5 Å². The number of carbonyl (C=O) groups is 2. The normalized spacial score (nSPS) is 13.9. The van der Waals surface area contributed by atoms with Crippen LogP contribution >= 0.6 is 11.6 Å². The SMILES string of the molecule is Cc1cc(Cl)ccc1NC1=C(c2ccccc2)C(=O)N(Cc2ccccc2F)C1=O. The summed E-state index contributed by atoms with van der Waals surface area (Å²) < 4.78 is 14.2. The molecule has 0 bridgehead atoms. The van der Waals surface area contributed by atoms with Gasteiger partial charge in [0.1, 0.15) is 11.5 Å². The molecule has 4 nitrogen and oxygen atoms in total. The number of nitrogens with zero attached hydrogens (tertiary/aromatic N) is 1. The maximum atomic E-state index is 14.2. The highest BCUT2D eigenvalue weighted by atomic mass is 35.5. The molecule has 2 amide bonds. The van der Waals surface area contributed by atoms with Crippen molar-refractivity contribution >= 4 is 34.7 Å². The van der Waals surface area contributed by atoms with E-state index in [0.29, 0.717) is 16.3 Å². The quantitative estimate of drug-likeness (QED) is 0.578. The third kappa shape index (κ3) is 3.72. The van der Waals surface area contributed by atoms with E-state index in [0.717, 1.165) is 10.5 Å². The van der Waals surface area contributed by atoms with Crippen LogP contribution in [-0.2, 0) is 16.1 Å². The molecule has 4 rings (SSSR count). The lowest BCUT2D eigenvalue weighted by Crippen LogP contribution is -2.32. The van der Waals surface area contributed by atoms with E-state index in [1.165, 1.54) is 6.07 Å². The van der Waals surface area contributed by atoms with Crippen LogP contribution in [0, 0.1) is 12.7 Å². The van der Waals surface area contributed by atoms with Crippen molar-refractivity contribution in [2.45, 2.75) is 13.5 Å². The molecule has 0 atom stereocenters. The Labute approximate surface area is 178 Å². The van der Waals surface area contributed by atoms with Crippen LogP contribution in [0.3, 0.4) is 0 Å². The molecule has 1 N–H and O–H groups in total. The van der Waals surface area contributed by atoms with Gasteiger partial charge in [-0.15, -0.1) is 0 Å². The Balaban J connectivity index is 1.76. The van der Waals surface area contributed by atoms with Crippen LogP contribution < -0.4 is 5.32 Å². The van der Waals surface area contributed by atoms with E-state index >= 15 is 0 Å². The Morgan fingerprint density at radius 2 is 1.63 bits per heavy atom. The number of halogens is 2. The van der Waals surface area contributed by atoms with Gasteiger partial charge in [-0.3, -0.25) is 14.5 Å². The summed E-state index contributed by atoms with van der Waals surface area (Å²) in [6.45, 7) is 1.71. The second-order valence-electron chi connectivity index (χ2n) is 6.99. The van der Waals surface area contributed by atoms with Crippen molar-refractivity contribution in [2.75, 3.05) is 5.32 Å². The largest absolute Gasteiger partial charge is 0.350 e. The van der Waals surface area contributed by atoms with Gasteiger partial charge in [-0.25, -0.2) is 4.39 Å². The molecular weight excluding hydrogens is 403 g/mol. The fourth-order valence-corrected chi connectivity index (χ4v) is 3.63. The molecule has 1 aliphatic heterocycles. The molecule has 0 aliphatic carbocycles. The van der Waals surface area contributed by atoms with E-state index in [2.05, 4.69) is 5.32 Å².